The highest BCUT2D eigenvalue weighted by molar-refractivity contribution is 5.97. The fraction of sp³-hybridized carbons (Fsp3) is 0.333. The Labute approximate surface area is 127 Å². The number of carbonyl (C=O) groups is 2. The van der Waals surface area contributed by atoms with Gasteiger partial charge in [0.1, 0.15) is 6.04 Å². The standard InChI is InChI=1S/C15H17N5O2/c1-11(21)19-9-2-3-14(19)15(22)17-12-4-6-13(7-5-12)20-10-8-16-18-20/h4-8,10,14H,2-3,9H2,1H3,(H,17,22)/t14-/m0/s1. The highest BCUT2D eigenvalue weighted by atomic mass is 16.2. The van der Waals surface area contributed by atoms with Gasteiger partial charge in [0.15, 0.2) is 0 Å². The molecule has 1 aromatic heterocycles. The van der Waals surface area contributed by atoms with Crippen molar-refractivity contribution < 1.29 is 9.59 Å². The zero-order chi connectivity index (χ0) is 15.5. The lowest BCUT2D eigenvalue weighted by Crippen LogP contribution is -2.42. The normalized spacial score (nSPS) is 17.5. The van der Waals surface area contributed by atoms with E-state index in [9.17, 15) is 9.59 Å². The summed E-state index contributed by atoms with van der Waals surface area (Å²) in [5.41, 5.74) is 1.56. The topological polar surface area (TPSA) is 80.1 Å². The van der Waals surface area contributed by atoms with Crippen LogP contribution in [0.4, 0.5) is 5.69 Å². The van der Waals surface area contributed by atoms with Crippen molar-refractivity contribution in [1.29, 1.82) is 0 Å². The summed E-state index contributed by atoms with van der Waals surface area (Å²) in [6.45, 7) is 2.15. The van der Waals surface area contributed by atoms with E-state index < -0.39 is 0 Å². The number of aromatic nitrogens is 3. The van der Waals surface area contributed by atoms with E-state index in [0.29, 0.717) is 18.7 Å². The van der Waals surface area contributed by atoms with Crippen LogP contribution in [0.1, 0.15) is 19.8 Å². The second-order valence-corrected chi connectivity index (χ2v) is 5.25. The Balaban J connectivity index is 1.68. The number of anilines is 1. The summed E-state index contributed by atoms with van der Waals surface area (Å²) in [7, 11) is 0. The van der Waals surface area contributed by atoms with Gasteiger partial charge in [0.05, 0.1) is 18.1 Å². The number of amides is 2. The van der Waals surface area contributed by atoms with Crippen molar-refractivity contribution in [3.05, 3.63) is 36.7 Å². The number of nitrogens with one attached hydrogen (secondary N) is 1. The molecule has 0 aliphatic carbocycles. The number of hydrogen-bond acceptors (Lipinski definition) is 4. The first-order valence-electron chi connectivity index (χ1n) is 7.20. The molecule has 22 heavy (non-hydrogen) atoms. The van der Waals surface area contributed by atoms with E-state index in [1.807, 2.05) is 24.3 Å². The fourth-order valence-corrected chi connectivity index (χ4v) is 2.69. The summed E-state index contributed by atoms with van der Waals surface area (Å²) in [6.07, 6.45) is 4.92. The van der Waals surface area contributed by atoms with Gasteiger partial charge < -0.3 is 10.2 Å². The van der Waals surface area contributed by atoms with Gasteiger partial charge in [-0.15, -0.1) is 5.10 Å². The van der Waals surface area contributed by atoms with Crippen molar-refractivity contribution >= 4 is 17.5 Å². The van der Waals surface area contributed by atoms with Crippen LogP contribution in [-0.2, 0) is 9.59 Å². The van der Waals surface area contributed by atoms with E-state index in [4.69, 9.17) is 0 Å². The minimum atomic E-state index is -0.368. The summed E-state index contributed by atoms with van der Waals surface area (Å²) >= 11 is 0. The monoisotopic (exact) mass is 299 g/mol. The first-order chi connectivity index (χ1) is 10.6. The van der Waals surface area contributed by atoms with Crippen LogP contribution in [0, 0.1) is 0 Å². The first kappa shape index (κ1) is 14.2. The third-order valence-corrected chi connectivity index (χ3v) is 3.78. The maximum atomic E-state index is 12.3. The molecule has 2 heterocycles. The van der Waals surface area contributed by atoms with E-state index >= 15 is 0 Å². The summed E-state index contributed by atoms with van der Waals surface area (Å²) in [6, 6.07) is 6.94. The molecule has 0 spiro atoms. The number of likely N-dealkylation sites (tertiary alicyclic amines) is 1. The molecule has 0 unspecified atom stereocenters. The number of carbonyl (C=O) groups excluding carboxylic acids is 2. The Morgan fingerprint density at radius 3 is 2.68 bits per heavy atom. The Morgan fingerprint density at radius 2 is 2.05 bits per heavy atom. The molecule has 114 valence electrons. The Hall–Kier alpha value is -2.70. The predicted octanol–water partition coefficient (Wildman–Crippen LogP) is 1.22. The summed E-state index contributed by atoms with van der Waals surface area (Å²) in [4.78, 5) is 25.5. The molecular formula is C15H17N5O2. The summed E-state index contributed by atoms with van der Waals surface area (Å²) in [5.74, 6) is -0.194. The van der Waals surface area contributed by atoms with Gasteiger partial charge in [-0.3, -0.25) is 9.59 Å². The average Bonchev–Trinajstić information content (AvgIpc) is 3.19. The van der Waals surface area contributed by atoms with E-state index in [2.05, 4.69) is 15.6 Å². The molecule has 1 N–H and O–H groups in total. The fourth-order valence-electron chi connectivity index (χ4n) is 2.69. The van der Waals surface area contributed by atoms with E-state index in [0.717, 1.165) is 12.1 Å². The van der Waals surface area contributed by atoms with Crippen LogP contribution in [0.25, 0.3) is 5.69 Å². The van der Waals surface area contributed by atoms with Crippen molar-refractivity contribution in [2.24, 2.45) is 0 Å². The molecular weight excluding hydrogens is 282 g/mol. The minimum Gasteiger partial charge on any atom is -0.331 e. The van der Waals surface area contributed by atoms with Gasteiger partial charge >= 0.3 is 0 Å². The lowest BCUT2D eigenvalue weighted by molar-refractivity contribution is -0.134. The lowest BCUT2D eigenvalue weighted by atomic mass is 10.2. The van der Waals surface area contributed by atoms with E-state index in [-0.39, 0.29) is 17.9 Å². The molecule has 1 aliphatic heterocycles. The lowest BCUT2D eigenvalue weighted by Gasteiger charge is -2.22. The second-order valence-electron chi connectivity index (χ2n) is 5.25. The quantitative estimate of drug-likeness (QED) is 0.924. The number of hydrogen-bond donors (Lipinski definition) is 1. The third-order valence-electron chi connectivity index (χ3n) is 3.78. The second kappa shape index (κ2) is 5.97. The van der Waals surface area contributed by atoms with Crippen LogP contribution < -0.4 is 5.32 Å². The van der Waals surface area contributed by atoms with Crippen molar-refractivity contribution in [3.8, 4) is 5.69 Å². The van der Waals surface area contributed by atoms with Gasteiger partial charge in [0.2, 0.25) is 11.8 Å². The molecule has 2 aromatic rings. The highest BCUT2D eigenvalue weighted by Gasteiger charge is 2.32. The van der Waals surface area contributed by atoms with Gasteiger partial charge in [0, 0.05) is 19.2 Å². The van der Waals surface area contributed by atoms with Crippen molar-refractivity contribution in [2.75, 3.05) is 11.9 Å². The van der Waals surface area contributed by atoms with Gasteiger partial charge in [-0.25, -0.2) is 4.68 Å². The summed E-state index contributed by atoms with van der Waals surface area (Å²) in [5, 5.41) is 10.5. The molecule has 2 amide bonds. The molecule has 0 radical (unpaired) electrons. The third kappa shape index (κ3) is 2.83. The Bertz CT molecular complexity index is 666. The molecule has 0 bridgehead atoms. The Kier molecular flexibility index (Phi) is 3.86. The molecule has 1 aliphatic rings. The SMILES string of the molecule is CC(=O)N1CCC[C@H]1C(=O)Nc1ccc(-n2ccnn2)cc1. The molecule has 1 saturated heterocycles. The largest absolute Gasteiger partial charge is 0.331 e. The number of nitrogens with zero attached hydrogens (tertiary/aromatic N) is 4. The molecule has 3 rings (SSSR count). The zero-order valence-corrected chi connectivity index (χ0v) is 12.3. The van der Waals surface area contributed by atoms with E-state index in [1.54, 1.807) is 22.0 Å². The molecule has 1 atom stereocenters. The predicted molar refractivity (Wildman–Crippen MR) is 80.4 cm³/mol. The Morgan fingerprint density at radius 1 is 1.27 bits per heavy atom. The van der Waals surface area contributed by atoms with Gasteiger partial charge in [-0.1, -0.05) is 5.21 Å². The van der Waals surface area contributed by atoms with Crippen molar-refractivity contribution in [2.45, 2.75) is 25.8 Å². The van der Waals surface area contributed by atoms with Crippen LogP contribution in [0.5, 0.6) is 0 Å². The van der Waals surface area contributed by atoms with Gasteiger partial charge in [0.25, 0.3) is 0 Å². The number of rotatable bonds is 3. The molecule has 1 aromatic carbocycles. The molecule has 1 fully saturated rings. The summed E-state index contributed by atoms with van der Waals surface area (Å²) < 4.78 is 1.64. The van der Waals surface area contributed by atoms with Crippen LogP contribution in [0.15, 0.2) is 36.7 Å². The molecule has 0 saturated carbocycles. The zero-order valence-electron chi connectivity index (χ0n) is 12.3. The maximum Gasteiger partial charge on any atom is 0.247 e. The first-order valence-corrected chi connectivity index (χ1v) is 7.20. The highest BCUT2D eigenvalue weighted by Crippen LogP contribution is 2.20. The molecule has 7 nitrogen and oxygen atoms in total. The number of benzene rings is 1. The van der Waals surface area contributed by atoms with Crippen LogP contribution in [0.2, 0.25) is 0 Å². The average molecular weight is 299 g/mol. The van der Waals surface area contributed by atoms with Crippen molar-refractivity contribution in [3.63, 3.8) is 0 Å². The minimum absolute atomic E-state index is 0.0563. The van der Waals surface area contributed by atoms with Crippen LogP contribution in [-0.4, -0.2) is 44.3 Å². The maximum absolute atomic E-state index is 12.3. The van der Waals surface area contributed by atoms with Gasteiger partial charge in [-0.05, 0) is 37.1 Å². The van der Waals surface area contributed by atoms with Crippen LogP contribution in [0.3, 0.4) is 0 Å². The van der Waals surface area contributed by atoms with Gasteiger partial charge in [-0.2, -0.15) is 0 Å². The van der Waals surface area contributed by atoms with Crippen LogP contribution >= 0.6 is 0 Å². The molecule has 7 heteroatoms. The smallest absolute Gasteiger partial charge is 0.247 e. The van der Waals surface area contributed by atoms with E-state index in [1.165, 1.54) is 6.92 Å². The van der Waals surface area contributed by atoms with Crippen molar-refractivity contribution in [1.82, 2.24) is 19.9 Å².